The van der Waals surface area contributed by atoms with E-state index in [0.29, 0.717) is 24.2 Å². The van der Waals surface area contributed by atoms with E-state index in [1.165, 1.54) is 6.33 Å². The van der Waals surface area contributed by atoms with Crippen LogP contribution in [0.4, 0.5) is 5.82 Å². The molecule has 1 heterocycles. The molecule has 1 aromatic carbocycles. The summed E-state index contributed by atoms with van der Waals surface area (Å²) in [6, 6.07) is 9.34. The standard InChI is InChI=1S/C14H11ClN4O/c1-19(7-11-4-2-3-10(5-11)6-16)14-12(8-20)13(15)17-9-18-14/h2-5,8-9H,7H2,1H3. The minimum absolute atomic E-state index is 0.127. The van der Waals surface area contributed by atoms with E-state index in [2.05, 4.69) is 16.0 Å². The quantitative estimate of drug-likeness (QED) is 0.638. The Bertz CT molecular complexity index is 681. The fourth-order valence-electron chi connectivity index (χ4n) is 1.86. The Balaban J connectivity index is 2.28. The molecule has 6 heteroatoms. The SMILES string of the molecule is CN(Cc1cccc(C#N)c1)c1ncnc(Cl)c1C=O. The number of nitrogens with zero attached hydrogens (tertiary/aromatic N) is 4. The van der Waals surface area contributed by atoms with Gasteiger partial charge in [-0.05, 0) is 17.7 Å². The number of nitriles is 1. The van der Waals surface area contributed by atoms with Crippen LogP contribution >= 0.6 is 11.6 Å². The molecule has 0 fully saturated rings. The molecule has 0 unspecified atom stereocenters. The summed E-state index contributed by atoms with van der Waals surface area (Å²) in [5.74, 6) is 0.461. The molecule has 0 radical (unpaired) electrons. The van der Waals surface area contributed by atoms with Crippen molar-refractivity contribution >= 4 is 23.7 Å². The van der Waals surface area contributed by atoms with E-state index in [-0.39, 0.29) is 10.7 Å². The van der Waals surface area contributed by atoms with Crippen molar-refractivity contribution in [3.8, 4) is 6.07 Å². The Hall–Kier alpha value is -2.45. The zero-order chi connectivity index (χ0) is 14.5. The van der Waals surface area contributed by atoms with Crippen LogP contribution in [0.5, 0.6) is 0 Å². The van der Waals surface area contributed by atoms with Crippen LogP contribution in [0.2, 0.25) is 5.15 Å². The van der Waals surface area contributed by atoms with Gasteiger partial charge in [0.25, 0.3) is 0 Å². The largest absolute Gasteiger partial charge is 0.355 e. The lowest BCUT2D eigenvalue weighted by atomic mass is 10.1. The van der Waals surface area contributed by atoms with Crippen molar-refractivity contribution in [1.82, 2.24) is 9.97 Å². The van der Waals surface area contributed by atoms with Crippen LogP contribution in [0.25, 0.3) is 0 Å². The number of hydrogen-bond donors (Lipinski definition) is 0. The van der Waals surface area contributed by atoms with Crippen LogP contribution in [0.15, 0.2) is 30.6 Å². The zero-order valence-corrected chi connectivity index (χ0v) is 11.5. The molecule has 0 N–H and O–H groups in total. The van der Waals surface area contributed by atoms with Gasteiger partial charge in [-0.2, -0.15) is 5.26 Å². The number of anilines is 1. The Morgan fingerprint density at radius 1 is 1.45 bits per heavy atom. The number of aromatic nitrogens is 2. The number of carbonyl (C=O) groups is 1. The number of rotatable bonds is 4. The van der Waals surface area contributed by atoms with Crippen LogP contribution in [0, 0.1) is 11.3 Å². The van der Waals surface area contributed by atoms with Gasteiger partial charge < -0.3 is 4.90 Å². The first-order valence-electron chi connectivity index (χ1n) is 5.81. The summed E-state index contributed by atoms with van der Waals surface area (Å²) in [6.45, 7) is 0.504. The Kier molecular flexibility index (Phi) is 4.28. The lowest BCUT2D eigenvalue weighted by molar-refractivity contribution is 0.112. The first-order chi connectivity index (χ1) is 9.65. The molecule has 0 spiro atoms. The summed E-state index contributed by atoms with van der Waals surface area (Å²) in [5, 5.41) is 9.01. The maximum Gasteiger partial charge on any atom is 0.156 e. The topological polar surface area (TPSA) is 69.9 Å². The Morgan fingerprint density at radius 2 is 2.25 bits per heavy atom. The fourth-order valence-corrected chi connectivity index (χ4v) is 2.03. The molecular formula is C14H11ClN4O. The zero-order valence-electron chi connectivity index (χ0n) is 10.7. The third kappa shape index (κ3) is 2.92. The first-order valence-corrected chi connectivity index (χ1v) is 6.19. The van der Waals surface area contributed by atoms with Gasteiger partial charge in [0.2, 0.25) is 0 Å². The summed E-state index contributed by atoms with van der Waals surface area (Å²) in [4.78, 5) is 20.7. The molecular weight excluding hydrogens is 276 g/mol. The van der Waals surface area contributed by atoms with E-state index in [1.54, 1.807) is 24.1 Å². The van der Waals surface area contributed by atoms with Crippen molar-refractivity contribution in [1.29, 1.82) is 5.26 Å². The van der Waals surface area contributed by atoms with Crippen LogP contribution < -0.4 is 4.90 Å². The van der Waals surface area contributed by atoms with Crippen molar-refractivity contribution in [3.05, 3.63) is 52.4 Å². The van der Waals surface area contributed by atoms with Crippen molar-refractivity contribution in [2.45, 2.75) is 6.54 Å². The third-order valence-corrected chi connectivity index (χ3v) is 3.07. The predicted octanol–water partition coefficient (Wildman–Crippen LogP) is 2.45. The smallest absolute Gasteiger partial charge is 0.156 e. The molecule has 2 rings (SSSR count). The molecule has 0 saturated carbocycles. The van der Waals surface area contributed by atoms with Gasteiger partial charge in [-0.25, -0.2) is 9.97 Å². The molecule has 20 heavy (non-hydrogen) atoms. The fraction of sp³-hybridized carbons (Fsp3) is 0.143. The number of benzene rings is 1. The first kappa shape index (κ1) is 14.0. The summed E-state index contributed by atoms with van der Waals surface area (Å²) in [5.41, 5.74) is 1.79. The van der Waals surface area contributed by atoms with Crippen LogP contribution in [-0.4, -0.2) is 23.3 Å². The highest BCUT2D eigenvalue weighted by Gasteiger charge is 2.13. The second kappa shape index (κ2) is 6.13. The molecule has 0 aliphatic rings. The normalized spacial score (nSPS) is 9.85. The van der Waals surface area contributed by atoms with Crippen molar-refractivity contribution in [2.24, 2.45) is 0 Å². The van der Waals surface area contributed by atoms with Crippen LogP contribution in [-0.2, 0) is 6.54 Å². The van der Waals surface area contributed by atoms with Gasteiger partial charge in [-0.15, -0.1) is 0 Å². The van der Waals surface area contributed by atoms with Crippen LogP contribution in [0.3, 0.4) is 0 Å². The molecule has 0 aliphatic carbocycles. The minimum Gasteiger partial charge on any atom is -0.355 e. The molecule has 2 aromatic rings. The maximum absolute atomic E-state index is 11.1. The van der Waals surface area contributed by atoms with Crippen molar-refractivity contribution in [3.63, 3.8) is 0 Å². The van der Waals surface area contributed by atoms with Gasteiger partial charge in [0.15, 0.2) is 6.29 Å². The molecule has 0 bridgehead atoms. The second-order valence-electron chi connectivity index (χ2n) is 4.19. The molecule has 100 valence electrons. The number of carbonyl (C=O) groups excluding carboxylic acids is 1. The van der Waals surface area contributed by atoms with E-state index < -0.39 is 0 Å². The van der Waals surface area contributed by atoms with E-state index in [9.17, 15) is 4.79 Å². The maximum atomic E-state index is 11.1. The predicted molar refractivity (Wildman–Crippen MR) is 75.7 cm³/mol. The summed E-state index contributed by atoms with van der Waals surface area (Å²) >= 11 is 5.87. The Morgan fingerprint density at radius 3 is 2.95 bits per heavy atom. The summed E-state index contributed by atoms with van der Waals surface area (Å²) in [7, 11) is 1.80. The van der Waals surface area contributed by atoms with Gasteiger partial charge in [-0.3, -0.25) is 4.79 Å². The lowest BCUT2D eigenvalue weighted by Crippen LogP contribution is -2.20. The molecule has 5 nitrogen and oxygen atoms in total. The highest BCUT2D eigenvalue weighted by molar-refractivity contribution is 6.32. The number of halogens is 1. The van der Waals surface area contributed by atoms with E-state index in [1.807, 2.05) is 12.1 Å². The number of aldehydes is 1. The van der Waals surface area contributed by atoms with E-state index in [4.69, 9.17) is 16.9 Å². The monoisotopic (exact) mass is 286 g/mol. The average Bonchev–Trinajstić information content (AvgIpc) is 2.47. The average molecular weight is 287 g/mol. The Labute approximate surface area is 121 Å². The molecule has 0 amide bonds. The molecule has 0 aliphatic heterocycles. The summed E-state index contributed by atoms with van der Waals surface area (Å²) in [6.07, 6.45) is 1.95. The molecule has 1 aromatic heterocycles. The van der Waals surface area contributed by atoms with Gasteiger partial charge >= 0.3 is 0 Å². The van der Waals surface area contributed by atoms with Gasteiger partial charge in [0.05, 0.1) is 17.2 Å². The van der Waals surface area contributed by atoms with Gasteiger partial charge in [-0.1, -0.05) is 23.7 Å². The third-order valence-electron chi connectivity index (χ3n) is 2.77. The van der Waals surface area contributed by atoms with Gasteiger partial charge in [0, 0.05) is 13.6 Å². The van der Waals surface area contributed by atoms with Crippen LogP contribution in [0.1, 0.15) is 21.5 Å². The van der Waals surface area contributed by atoms with Gasteiger partial charge in [0.1, 0.15) is 17.3 Å². The lowest BCUT2D eigenvalue weighted by Gasteiger charge is -2.19. The molecule has 0 atom stereocenters. The number of hydrogen-bond acceptors (Lipinski definition) is 5. The highest BCUT2D eigenvalue weighted by atomic mass is 35.5. The van der Waals surface area contributed by atoms with Crippen molar-refractivity contribution in [2.75, 3.05) is 11.9 Å². The van der Waals surface area contributed by atoms with E-state index >= 15 is 0 Å². The minimum atomic E-state index is 0.127. The molecule has 0 saturated heterocycles. The van der Waals surface area contributed by atoms with Crippen molar-refractivity contribution < 1.29 is 4.79 Å². The second-order valence-corrected chi connectivity index (χ2v) is 4.55. The summed E-state index contributed by atoms with van der Waals surface area (Å²) < 4.78 is 0. The highest BCUT2D eigenvalue weighted by Crippen LogP contribution is 2.21. The van der Waals surface area contributed by atoms with E-state index in [0.717, 1.165) is 5.56 Å².